The van der Waals surface area contributed by atoms with Crippen molar-refractivity contribution in [2.45, 2.75) is 6.92 Å². The Bertz CT molecular complexity index is 1190. The van der Waals surface area contributed by atoms with Crippen molar-refractivity contribution in [1.29, 1.82) is 0 Å². The first-order chi connectivity index (χ1) is 16.1. The van der Waals surface area contributed by atoms with Crippen LogP contribution in [0, 0.1) is 6.92 Å². The molecule has 0 bridgehead atoms. The number of carbonyl (C=O) groups is 1. The molecule has 5 nitrogen and oxygen atoms in total. The number of thiocarbonyl (C=S) groups is 1. The topological polar surface area (TPSA) is 48.0 Å². The molecule has 1 saturated heterocycles. The van der Waals surface area contributed by atoms with Gasteiger partial charge >= 0.3 is 0 Å². The van der Waals surface area contributed by atoms with Gasteiger partial charge in [0.05, 0.1) is 17.7 Å². The second kappa shape index (κ2) is 10.6. The average Bonchev–Trinajstić information content (AvgIpc) is 3.11. The highest BCUT2D eigenvalue weighted by atomic mass is 32.2. The van der Waals surface area contributed by atoms with E-state index in [0.29, 0.717) is 33.9 Å². The zero-order valence-corrected chi connectivity index (χ0v) is 19.9. The Balaban J connectivity index is 1.44. The van der Waals surface area contributed by atoms with Crippen molar-refractivity contribution in [3.8, 4) is 17.2 Å². The molecule has 1 fully saturated rings. The highest BCUT2D eigenvalue weighted by Crippen LogP contribution is 2.38. The molecule has 1 amide bonds. The summed E-state index contributed by atoms with van der Waals surface area (Å²) in [6, 6.07) is 22.9. The summed E-state index contributed by atoms with van der Waals surface area (Å²) in [7, 11) is 1.59. The van der Waals surface area contributed by atoms with Crippen molar-refractivity contribution in [2.75, 3.05) is 25.2 Å². The molecular formula is C26H23NO4S2. The molecule has 4 rings (SSSR count). The van der Waals surface area contributed by atoms with Crippen molar-refractivity contribution in [3.63, 3.8) is 0 Å². The SMILES string of the molecule is COc1cc(C=C2SC(=S)N(c3ccccc3C)C2=O)ccc1OCCOc1ccccc1. The van der Waals surface area contributed by atoms with E-state index in [0.717, 1.165) is 22.6 Å². The Labute approximate surface area is 203 Å². The van der Waals surface area contributed by atoms with Gasteiger partial charge in [0.15, 0.2) is 15.8 Å². The van der Waals surface area contributed by atoms with Crippen LogP contribution in [0.25, 0.3) is 6.08 Å². The maximum atomic E-state index is 13.1. The lowest BCUT2D eigenvalue weighted by atomic mass is 10.1. The minimum Gasteiger partial charge on any atom is -0.493 e. The van der Waals surface area contributed by atoms with Gasteiger partial charge in [0.25, 0.3) is 5.91 Å². The summed E-state index contributed by atoms with van der Waals surface area (Å²) in [6.07, 6.45) is 1.82. The maximum absolute atomic E-state index is 13.1. The predicted molar refractivity (Wildman–Crippen MR) is 137 cm³/mol. The summed E-state index contributed by atoms with van der Waals surface area (Å²) >= 11 is 6.78. The second-order valence-electron chi connectivity index (χ2n) is 7.22. The Morgan fingerprint density at radius 3 is 2.42 bits per heavy atom. The zero-order valence-electron chi connectivity index (χ0n) is 18.3. The van der Waals surface area contributed by atoms with E-state index in [9.17, 15) is 4.79 Å². The number of amides is 1. The van der Waals surface area contributed by atoms with Gasteiger partial charge in [-0.25, -0.2) is 0 Å². The van der Waals surface area contributed by atoms with Crippen LogP contribution in [0.2, 0.25) is 0 Å². The van der Waals surface area contributed by atoms with Gasteiger partial charge < -0.3 is 14.2 Å². The van der Waals surface area contributed by atoms with E-state index in [4.69, 9.17) is 26.4 Å². The number of aryl methyl sites for hydroxylation is 1. The maximum Gasteiger partial charge on any atom is 0.270 e. The standard InChI is InChI=1S/C26H23NO4S2/c1-18-8-6-7-11-21(18)27-25(28)24(33-26(27)32)17-19-12-13-22(23(16-19)29-2)31-15-14-30-20-9-4-3-5-10-20/h3-13,16-17H,14-15H2,1-2H3. The summed E-state index contributed by atoms with van der Waals surface area (Å²) in [5, 5.41) is 0. The molecule has 33 heavy (non-hydrogen) atoms. The summed E-state index contributed by atoms with van der Waals surface area (Å²) in [4.78, 5) is 15.2. The highest BCUT2D eigenvalue weighted by Gasteiger charge is 2.33. The lowest BCUT2D eigenvalue weighted by Crippen LogP contribution is -2.28. The number of anilines is 1. The first-order valence-electron chi connectivity index (χ1n) is 10.4. The van der Waals surface area contributed by atoms with Crippen molar-refractivity contribution in [2.24, 2.45) is 0 Å². The third-order valence-corrected chi connectivity index (χ3v) is 6.29. The van der Waals surface area contributed by atoms with Crippen LogP contribution >= 0.6 is 24.0 Å². The number of benzene rings is 3. The van der Waals surface area contributed by atoms with E-state index in [1.807, 2.05) is 85.8 Å². The van der Waals surface area contributed by atoms with E-state index >= 15 is 0 Å². The molecule has 0 radical (unpaired) electrons. The van der Waals surface area contributed by atoms with Crippen LogP contribution in [0.1, 0.15) is 11.1 Å². The largest absolute Gasteiger partial charge is 0.493 e. The normalized spacial score (nSPS) is 14.6. The van der Waals surface area contributed by atoms with Crippen molar-refractivity contribution in [3.05, 3.63) is 88.8 Å². The van der Waals surface area contributed by atoms with Crippen LogP contribution in [0.4, 0.5) is 5.69 Å². The monoisotopic (exact) mass is 477 g/mol. The number of para-hydroxylation sites is 2. The van der Waals surface area contributed by atoms with Gasteiger partial charge in [-0.1, -0.05) is 66.4 Å². The molecule has 3 aromatic carbocycles. The Hall–Kier alpha value is -3.29. The highest BCUT2D eigenvalue weighted by molar-refractivity contribution is 8.27. The Kier molecular flexibility index (Phi) is 7.32. The Morgan fingerprint density at radius 1 is 0.939 bits per heavy atom. The first-order valence-corrected chi connectivity index (χ1v) is 11.6. The summed E-state index contributed by atoms with van der Waals surface area (Å²) in [6.45, 7) is 2.75. The van der Waals surface area contributed by atoms with Crippen LogP contribution in [0.5, 0.6) is 17.2 Å². The van der Waals surface area contributed by atoms with Crippen LogP contribution < -0.4 is 19.1 Å². The van der Waals surface area contributed by atoms with E-state index < -0.39 is 0 Å². The molecule has 7 heteroatoms. The number of methoxy groups -OCH3 is 1. The van der Waals surface area contributed by atoms with E-state index in [2.05, 4.69) is 0 Å². The third-order valence-electron chi connectivity index (χ3n) is 4.99. The molecule has 0 unspecified atom stereocenters. The lowest BCUT2D eigenvalue weighted by Gasteiger charge is -2.16. The van der Waals surface area contributed by atoms with E-state index in [1.54, 1.807) is 12.0 Å². The number of nitrogens with zero attached hydrogens (tertiary/aromatic N) is 1. The average molecular weight is 478 g/mol. The Morgan fingerprint density at radius 2 is 1.67 bits per heavy atom. The number of rotatable bonds is 8. The molecule has 0 N–H and O–H groups in total. The van der Waals surface area contributed by atoms with Gasteiger partial charge in [-0.05, 0) is 54.5 Å². The van der Waals surface area contributed by atoms with Gasteiger partial charge in [-0.3, -0.25) is 9.69 Å². The minimum atomic E-state index is -0.128. The quantitative estimate of drug-likeness (QED) is 0.230. The number of ether oxygens (including phenoxy) is 3. The molecule has 1 aliphatic heterocycles. The van der Waals surface area contributed by atoms with Crippen molar-refractivity contribution < 1.29 is 19.0 Å². The summed E-state index contributed by atoms with van der Waals surface area (Å²) in [5.74, 6) is 1.86. The van der Waals surface area contributed by atoms with E-state index in [1.165, 1.54) is 11.8 Å². The molecule has 1 aliphatic rings. The van der Waals surface area contributed by atoms with Gasteiger partial charge in [-0.2, -0.15) is 0 Å². The van der Waals surface area contributed by atoms with Crippen molar-refractivity contribution >= 4 is 46.0 Å². The number of hydrogen-bond acceptors (Lipinski definition) is 6. The molecule has 0 spiro atoms. The smallest absolute Gasteiger partial charge is 0.270 e. The van der Waals surface area contributed by atoms with Crippen LogP contribution in [-0.4, -0.2) is 30.6 Å². The molecule has 1 heterocycles. The minimum absolute atomic E-state index is 0.128. The fraction of sp³-hybridized carbons (Fsp3) is 0.154. The van der Waals surface area contributed by atoms with E-state index in [-0.39, 0.29) is 5.91 Å². The molecule has 0 saturated carbocycles. The van der Waals surface area contributed by atoms with Gasteiger partial charge in [-0.15, -0.1) is 0 Å². The number of hydrogen-bond donors (Lipinski definition) is 0. The predicted octanol–water partition coefficient (Wildman–Crippen LogP) is 5.87. The third kappa shape index (κ3) is 5.38. The second-order valence-corrected chi connectivity index (χ2v) is 8.90. The molecule has 168 valence electrons. The fourth-order valence-electron chi connectivity index (χ4n) is 3.36. The van der Waals surface area contributed by atoms with Crippen LogP contribution in [-0.2, 0) is 4.79 Å². The van der Waals surface area contributed by atoms with Crippen LogP contribution in [0.3, 0.4) is 0 Å². The zero-order chi connectivity index (χ0) is 23.2. The first kappa shape index (κ1) is 22.9. The van der Waals surface area contributed by atoms with Crippen molar-refractivity contribution in [1.82, 2.24) is 0 Å². The number of carbonyl (C=O) groups excluding carboxylic acids is 1. The summed E-state index contributed by atoms with van der Waals surface area (Å²) < 4.78 is 17.5. The molecule has 0 aromatic heterocycles. The fourth-order valence-corrected chi connectivity index (χ4v) is 4.65. The summed E-state index contributed by atoms with van der Waals surface area (Å²) in [5.41, 5.74) is 2.63. The number of thioether (sulfide) groups is 1. The van der Waals surface area contributed by atoms with Gasteiger partial charge in [0, 0.05) is 0 Å². The van der Waals surface area contributed by atoms with Crippen LogP contribution in [0.15, 0.2) is 77.7 Å². The van der Waals surface area contributed by atoms with Gasteiger partial charge in [0.1, 0.15) is 19.0 Å². The molecule has 3 aromatic rings. The van der Waals surface area contributed by atoms with Gasteiger partial charge in [0.2, 0.25) is 0 Å². The molecule has 0 aliphatic carbocycles. The molecule has 0 atom stereocenters. The lowest BCUT2D eigenvalue weighted by molar-refractivity contribution is -0.113. The molecular weight excluding hydrogens is 454 g/mol.